The standard InChI is InChI=1S/C28H28N2O.C2N3/c1-30(21-23-10-4-2-5-11-23,19-18-29-28(31)26-13-6-3-7-14-26)22-24-16-17-25-12-8-9-15-27(25)20-24;3-1-5-2-4/h2-17,20H,18-19,21-22H2,1H3;/q;-1/p+1. The fraction of sp³-hybridized carbons (Fsp3) is 0.167. The van der Waals surface area contributed by atoms with Gasteiger partial charge in [0.2, 0.25) is 0 Å². The van der Waals surface area contributed by atoms with Crippen LogP contribution in [-0.4, -0.2) is 36.5 Å². The Labute approximate surface area is 212 Å². The number of fused-ring (bicyclic) bond motifs is 1. The van der Waals surface area contributed by atoms with Crippen molar-refractivity contribution in [1.82, 2.24) is 5.32 Å². The number of hydrogen-bond donors (Lipinski definition) is 1. The highest BCUT2D eigenvalue weighted by molar-refractivity contribution is 5.94. The lowest BCUT2D eigenvalue weighted by Gasteiger charge is -2.35. The van der Waals surface area contributed by atoms with Crippen LogP contribution in [-0.2, 0) is 13.1 Å². The average Bonchev–Trinajstić information content (AvgIpc) is 2.90. The van der Waals surface area contributed by atoms with E-state index in [-0.39, 0.29) is 5.91 Å². The summed E-state index contributed by atoms with van der Waals surface area (Å²) in [6.07, 6.45) is 1.28. The van der Waals surface area contributed by atoms with Crippen molar-refractivity contribution in [2.45, 2.75) is 13.1 Å². The van der Waals surface area contributed by atoms with Gasteiger partial charge in [0.05, 0.1) is 26.3 Å². The molecule has 36 heavy (non-hydrogen) atoms. The van der Waals surface area contributed by atoms with Gasteiger partial charge in [0.25, 0.3) is 5.91 Å². The molecule has 4 aromatic carbocycles. The summed E-state index contributed by atoms with van der Waals surface area (Å²) in [6.45, 7) is 3.29. The smallest absolute Gasteiger partial charge is 0.251 e. The molecule has 0 aromatic heterocycles. The van der Waals surface area contributed by atoms with E-state index >= 15 is 0 Å². The molecule has 0 spiro atoms. The predicted octanol–water partition coefficient (Wildman–Crippen LogP) is 5.63. The molecule has 1 atom stereocenters. The van der Waals surface area contributed by atoms with Gasteiger partial charge in [-0.1, -0.05) is 84.9 Å². The van der Waals surface area contributed by atoms with Gasteiger partial charge in [-0.3, -0.25) is 4.79 Å². The van der Waals surface area contributed by atoms with Crippen molar-refractivity contribution in [3.63, 3.8) is 0 Å². The third kappa shape index (κ3) is 8.03. The first kappa shape index (κ1) is 26.1. The molecule has 6 nitrogen and oxygen atoms in total. The van der Waals surface area contributed by atoms with Gasteiger partial charge < -0.3 is 20.2 Å². The van der Waals surface area contributed by atoms with Crippen LogP contribution in [0, 0.1) is 11.5 Å². The van der Waals surface area contributed by atoms with E-state index < -0.39 is 0 Å². The van der Waals surface area contributed by atoms with Crippen molar-refractivity contribution in [2.75, 3.05) is 20.1 Å². The van der Waals surface area contributed by atoms with Gasteiger partial charge in [-0.15, -0.1) is 6.01 Å². The van der Waals surface area contributed by atoms with Gasteiger partial charge in [-0.05, 0) is 29.0 Å². The van der Waals surface area contributed by atoms with Crippen LogP contribution >= 0.6 is 0 Å². The van der Waals surface area contributed by atoms with Gasteiger partial charge in [-0.2, -0.15) is 5.26 Å². The van der Waals surface area contributed by atoms with E-state index in [1.165, 1.54) is 34.1 Å². The molecule has 0 saturated heterocycles. The van der Waals surface area contributed by atoms with Crippen LogP contribution in [0.2, 0.25) is 0 Å². The molecular weight excluding hydrogens is 446 g/mol. The summed E-state index contributed by atoms with van der Waals surface area (Å²) < 4.78 is 0.817. The molecule has 180 valence electrons. The lowest BCUT2D eigenvalue weighted by Crippen LogP contribution is -2.47. The Kier molecular flexibility index (Phi) is 9.67. The van der Waals surface area contributed by atoms with Crippen LogP contribution in [0.4, 0.5) is 0 Å². The van der Waals surface area contributed by atoms with Crippen molar-refractivity contribution in [3.8, 4) is 6.19 Å². The molecule has 0 heterocycles. The Morgan fingerprint density at radius 3 is 2.11 bits per heavy atom. The SMILES string of the molecule is C[N+](CCNC(=O)c1ccccc1)(Cc1ccccc1)Cc1ccc2ccccc2c1.N#CN=C=[N-]. The average molecular weight is 476 g/mol. The minimum absolute atomic E-state index is 0.0161. The van der Waals surface area contributed by atoms with Gasteiger partial charge in [-0.25, -0.2) is 0 Å². The number of carbonyl (C=O) groups excluding carboxylic acids is 1. The Balaban J connectivity index is 0.000000658. The highest BCUT2D eigenvalue weighted by Gasteiger charge is 2.23. The molecule has 4 aromatic rings. The second-order valence-corrected chi connectivity index (χ2v) is 8.76. The maximum atomic E-state index is 12.5. The van der Waals surface area contributed by atoms with Gasteiger partial charge in [0.15, 0.2) is 0 Å². The molecule has 1 N–H and O–H groups in total. The van der Waals surface area contributed by atoms with Crippen LogP contribution in [0.1, 0.15) is 21.5 Å². The molecule has 0 aliphatic carbocycles. The minimum Gasteiger partial charge on any atom is -0.422 e. The molecule has 0 saturated carbocycles. The number of carbonyl (C=O) groups is 1. The summed E-state index contributed by atoms with van der Waals surface area (Å²) in [5.74, 6) is -0.0161. The lowest BCUT2D eigenvalue weighted by atomic mass is 10.1. The zero-order valence-electron chi connectivity index (χ0n) is 20.3. The number of likely N-dealkylation sites (N-methyl/N-ethyl adjacent to an activating group) is 1. The number of quaternary nitrogens is 1. The molecule has 0 radical (unpaired) electrons. The lowest BCUT2D eigenvalue weighted by molar-refractivity contribution is -0.934. The monoisotopic (exact) mass is 475 g/mol. The number of nitriles is 1. The number of amides is 1. The van der Waals surface area contributed by atoms with E-state index in [0.717, 1.165) is 24.1 Å². The first-order chi connectivity index (χ1) is 17.5. The summed E-state index contributed by atoms with van der Waals surface area (Å²) in [7, 11) is 2.27. The van der Waals surface area contributed by atoms with E-state index in [2.05, 4.69) is 90.2 Å². The Morgan fingerprint density at radius 1 is 0.861 bits per heavy atom. The number of aliphatic imine (C=N–C) groups is 1. The minimum atomic E-state index is -0.0161. The summed E-state index contributed by atoms with van der Waals surface area (Å²) >= 11 is 0. The van der Waals surface area contributed by atoms with Gasteiger partial charge in [0, 0.05) is 16.7 Å². The number of nitrogens with one attached hydrogen (secondary N) is 1. The van der Waals surface area contributed by atoms with E-state index in [1.54, 1.807) is 0 Å². The fourth-order valence-electron chi connectivity index (χ4n) is 4.17. The zero-order chi connectivity index (χ0) is 25.6. The summed E-state index contributed by atoms with van der Waals surface area (Å²) in [5, 5.41) is 20.5. The van der Waals surface area contributed by atoms with E-state index in [1.807, 2.05) is 30.3 Å². The zero-order valence-corrected chi connectivity index (χ0v) is 20.3. The second kappa shape index (κ2) is 13.4. The molecule has 1 amide bonds. The summed E-state index contributed by atoms with van der Waals surface area (Å²) in [4.78, 5) is 15.1. The Hall–Kier alpha value is -4.56. The fourth-order valence-corrected chi connectivity index (χ4v) is 4.17. The highest BCUT2D eigenvalue weighted by Crippen LogP contribution is 2.21. The van der Waals surface area contributed by atoms with Crippen LogP contribution in [0.15, 0.2) is 108 Å². The summed E-state index contributed by atoms with van der Waals surface area (Å²) in [5.41, 5.74) is 3.32. The second-order valence-electron chi connectivity index (χ2n) is 8.76. The number of benzene rings is 4. The molecule has 0 aliphatic rings. The third-order valence-electron chi connectivity index (χ3n) is 5.86. The van der Waals surface area contributed by atoms with E-state index in [9.17, 15) is 4.79 Å². The van der Waals surface area contributed by atoms with Crippen LogP contribution < -0.4 is 5.32 Å². The van der Waals surface area contributed by atoms with Crippen molar-refractivity contribution in [2.24, 2.45) is 4.99 Å². The maximum Gasteiger partial charge on any atom is 0.251 e. The van der Waals surface area contributed by atoms with Crippen molar-refractivity contribution in [3.05, 3.63) is 125 Å². The maximum absolute atomic E-state index is 12.5. The molecular formula is C30H29N5O. The predicted molar refractivity (Wildman–Crippen MR) is 144 cm³/mol. The van der Waals surface area contributed by atoms with Crippen LogP contribution in [0.5, 0.6) is 0 Å². The molecule has 0 fully saturated rings. The van der Waals surface area contributed by atoms with Gasteiger partial charge in [0.1, 0.15) is 13.1 Å². The van der Waals surface area contributed by atoms with Crippen molar-refractivity contribution < 1.29 is 9.28 Å². The van der Waals surface area contributed by atoms with E-state index in [4.69, 9.17) is 10.7 Å². The Morgan fingerprint density at radius 2 is 1.47 bits per heavy atom. The Bertz CT molecular complexity index is 1360. The number of nitrogens with zero attached hydrogens (tertiary/aromatic N) is 4. The number of hydrogen-bond acceptors (Lipinski definition) is 3. The molecule has 0 aliphatic heterocycles. The first-order valence-electron chi connectivity index (χ1n) is 11.7. The molecule has 6 heteroatoms. The third-order valence-corrected chi connectivity index (χ3v) is 5.86. The van der Waals surface area contributed by atoms with Crippen LogP contribution in [0.25, 0.3) is 16.2 Å². The molecule has 0 bridgehead atoms. The summed E-state index contributed by atoms with van der Waals surface area (Å²) in [6, 6.07) is 36.5. The quantitative estimate of drug-likeness (QED) is 0.203. The largest absolute Gasteiger partial charge is 0.422 e. The van der Waals surface area contributed by atoms with E-state index in [0.29, 0.717) is 12.1 Å². The van der Waals surface area contributed by atoms with Crippen molar-refractivity contribution >= 4 is 22.7 Å². The normalized spacial score (nSPS) is 11.7. The topological polar surface area (TPSA) is 87.5 Å². The van der Waals surface area contributed by atoms with Crippen molar-refractivity contribution in [1.29, 1.82) is 5.26 Å². The highest BCUT2D eigenvalue weighted by atomic mass is 16.1. The molecule has 4 rings (SSSR count). The first-order valence-corrected chi connectivity index (χ1v) is 11.7. The van der Waals surface area contributed by atoms with Crippen LogP contribution in [0.3, 0.4) is 0 Å². The number of rotatable bonds is 8. The van der Waals surface area contributed by atoms with Gasteiger partial charge >= 0.3 is 0 Å². The molecule has 1 unspecified atom stereocenters.